The Morgan fingerprint density at radius 3 is 2.47 bits per heavy atom. The quantitative estimate of drug-likeness (QED) is 0.576. The van der Waals surface area contributed by atoms with Gasteiger partial charge in [0.15, 0.2) is 11.5 Å². The Balaban J connectivity index is 1.55. The van der Waals surface area contributed by atoms with E-state index in [0.29, 0.717) is 6.04 Å². The highest BCUT2D eigenvalue weighted by molar-refractivity contribution is 6.03. The molecular weight excluding hydrogens is 380 g/mol. The van der Waals surface area contributed by atoms with Crippen LogP contribution in [0.15, 0.2) is 36.4 Å². The van der Waals surface area contributed by atoms with E-state index in [2.05, 4.69) is 15.2 Å². The average molecular weight is 406 g/mol. The zero-order chi connectivity index (χ0) is 20.8. The molecule has 0 bridgehead atoms. The third-order valence-corrected chi connectivity index (χ3v) is 5.81. The van der Waals surface area contributed by atoms with Crippen LogP contribution in [0.2, 0.25) is 0 Å². The summed E-state index contributed by atoms with van der Waals surface area (Å²) >= 11 is 0. The standard InChI is InChI=1S/C23H26N4O3/c1-13(2)25-23(28)26-15-8-6-14(7-9-15)22-21(24)17-10-19-20(30-12-29-19)11-18(17)27(22)16-4-3-5-16/h6-11,13,16H,3-5,12,24H2,1-2H3,(H2,25,26,28). The van der Waals surface area contributed by atoms with Crippen molar-refractivity contribution < 1.29 is 14.3 Å². The maximum atomic E-state index is 12.0. The summed E-state index contributed by atoms with van der Waals surface area (Å²) in [5.74, 6) is 1.50. The van der Waals surface area contributed by atoms with E-state index in [0.717, 1.165) is 57.9 Å². The lowest BCUT2D eigenvalue weighted by Gasteiger charge is -2.30. The molecule has 2 aromatic carbocycles. The number of nitrogens with one attached hydrogen (secondary N) is 2. The fourth-order valence-electron chi connectivity index (χ4n) is 4.18. The summed E-state index contributed by atoms with van der Waals surface area (Å²) in [7, 11) is 0. The zero-order valence-electron chi connectivity index (χ0n) is 17.2. The second-order valence-electron chi connectivity index (χ2n) is 8.27. The molecule has 1 aliphatic heterocycles. The molecule has 2 heterocycles. The van der Waals surface area contributed by atoms with Crippen molar-refractivity contribution in [2.75, 3.05) is 17.8 Å². The summed E-state index contributed by atoms with van der Waals surface area (Å²) in [6.07, 6.45) is 3.50. The molecule has 0 unspecified atom stereocenters. The summed E-state index contributed by atoms with van der Waals surface area (Å²) in [6.45, 7) is 4.10. The molecule has 4 N–H and O–H groups in total. The first-order chi connectivity index (χ1) is 14.5. The minimum Gasteiger partial charge on any atom is -0.454 e. The normalized spacial score (nSPS) is 15.4. The Bertz CT molecular complexity index is 1110. The molecule has 5 rings (SSSR count). The van der Waals surface area contributed by atoms with Crippen LogP contribution in [0, 0.1) is 0 Å². The minimum absolute atomic E-state index is 0.0804. The number of hydrogen-bond acceptors (Lipinski definition) is 4. The zero-order valence-corrected chi connectivity index (χ0v) is 17.2. The highest BCUT2D eigenvalue weighted by Gasteiger charge is 2.28. The maximum Gasteiger partial charge on any atom is 0.319 e. The Labute approximate surface area is 175 Å². The number of benzene rings is 2. The van der Waals surface area contributed by atoms with Gasteiger partial charge in [-0.15, -0.1) is 0 Å². The molecule has 7 nitrogen and oxygen atoms in total. The number of amides is 2. The minimum atomic E-state index is -0.213. The molecule has 2 amide bonds. The Kier molecular flexibility index (Phi) is 4.46. The van der Waals surface area contributed by atoms with Crippen molar-refractivity contribution in [3.05, 3.63) is 36.4 Å². The number of nitrogen functional groups attached to an aromatic ring is 1. The van der Waals surface area contributed by atoms with Crippen LogP contribution in [0.4, 0.5) is 16.2 Å². The van der Waals surface area contributed by atoms with Crippen LogP contribution in [0.5, 0.6) is 11.5 Å². The van der Waals surface area contributed by atoms with Crippen LogP contribution in [-0.4, -0.2) is 23.4 Å². The van der Waals surface area contributed by atoms with Gasteiger partial charge in [-0.3, -0.25) is 0 Å². The number of anilines is 2. The van der Waals surface area contributed by atoms with Crippen LogP contribution < -0.4 is 25.8 Å². The molecule has 1 saturated carbocycles. The topological polar surface area (TPSA) is 90.5 Å². The van der Waals surface area contributed by atoms with E-state index in [9.17, 15) is 4.79 Å². The van der Waals surface area contributed by atoms with Crippen LogP contribution in [0.3, 0.4) is 0 Å². The highest BCUT2D eigenvalue weighted by atomic mass is 16.7. The maximum absolute atomic E-state index is 12.0. The third-order valence-electron chi connectivity index (χ3n) is 5.81. The van der Waals surface area contributed by atoms with E-state index < -0.39 is 0 Å². The predicted molar refractivity (Wildman–Crippen MR) is 118 cm³/mol. The molecule has 1 aliphatic carbocycles. The summed E-state index contributed by atoms with van der Waals surface area (Å²) in [4.78, 5) is 12.0. The van der Waals surface area contributed by atoms with E-state index in [4.69, 9.17) is 15.2 Å². The van der Waals surface area contributed by atoms with E-state index in [1.165, 1.54) is 6.42 Å². The van der Waals surface area contributed by atoms with Gasteiger partial charge in [0.05, 0.1) is 16.9 Å². The molecule has 7 heteroatoms. The number of nitrogens with zero attached hydrogens (tertiary/aromatic N) is 1. The number of aromatic nitrogens is 1. The Morgan fingerprint density at radius 1 is 1.13 bits per heavy atom. The molecular formula is C23H26N4O3. The van der Waals surface area contributed by atoms with Gasteiger partial charge in [-0.2, -0.15) is 0 Å². The van der Waals surface area contributed by atoms with Crippen LogP contribution >= 0.6 is 0 Å². The second kappa shape index (κ2) is 7.16. The van der Waals surface area contributed by atoms with Crippen LogP contribution in [0.25, 0.3) is 22.2 Å². The molecule has 0 spiro atoms. The van der Waals surface area contributed by atoms with Gasteiger partial charge in [0.25, 0.3) is 0 Å². The summed E-state index contributed by atoms with van der Waals surface area (Å²) in [6, 6.07) is 12.1. The molecule has 0 atom stereocenters. The molecule has 1 fully saturated rings. The van der Waals surface area contributed by atoms with E-state index in [-0.39, 0.29) is 18.9 Å². The fourth-order valence-corrected chi connectivity index (χ4v) is 4.18. The number of urea groups is 1. The van der Waals surface area contributed by atoms with Crippen LogP contribution in [-0.2, 0) is 0 Å². The van der Waals surface area contributed by atoms with Gasteiger partial charge in [-0.1, -0.05) is 12.1 Å². The summed E-state index contributed by atoms with van der Waals surface area (Å²) in [5, 5.41) is 6.68. The van der Waals surface area contributed by atoms with Gasteiger partial charge < -0.3 is 30.4 Å². The van der Waals surface area contributed by atoms with Gasteiger partial charge in [0.2, 0.25) is 6.79 Å². The number of carbonyl (C=O) groups excluding carboxylic acids is 1. The smallest absolute Gasteiger partial charge is 0.319 e. The summed E-state index contributed by atoms with van der Waals surface area (Å²) in [5.41, 5.74) is 11.3. The monoisotopic (exact) mass is 406 g/mol. The van der Waals surface area contributed by atoms with Gasteiger partial charge in [0, 0.05) is 34.8 Å². The predicted octanol–water partition coefficient (Wildman–Crippen LogP) is 4.87. The lowest BCUT2D eigenvalue weighted by Crippen LogP contribution is -2.34. The number of ether oxygens (including phenoxy) is 2. The number of nitrogens with two attached hydrogens (primary N) is 1. The van der Waals surface area contributed by atoms with Crippen molar-refractivity contribution in [3.63, 3.8) is 0 Å². The molecule has 1 aromatic heterocycles. The number of rotatable bonds is 4. The molecule has 0 radical (unpaired) electrons. The SMILES string of the molecule is CC(C)NC(=O)Nc1ccc(-c2c(N)c3cc4c(cc3n2C2CCC2)OCO4)cc1. The molecule has 156 valence electrons. The van der Waals surface area contributed by atoms with Gasteiger partial charge in [0.1, 0.15) is 0 Å². The molecule has 3 aromatic rings. The van der Waals surface area contributed by atoms with Gasteiger partial charge in [-0.25, -0.2) is 4.79 Å². The first kappa shape index (κ1) is 18.7. The fraction of sp³-hybridized carbons (Fsp3) is 0.348. The lowest BCUT2D eigenvalue weighted by atomic mass is 9.92. The van der Waals surface area contributed by atoms with E-state index in [1.807, 2.05) is 50.2 Å². The van der Waals surface area contributed by atoms with E-state index >= 15 is 0 Å². The highest BCUT2D eigenvalue weighted by Crippen LogP contribution is 2.47. The largest absolute Gasteiger partial charge is 0.454 e. The van der Waals surface area contributed by atoms with Crippen LogP contribution in [0.1, 0.15) is 39.2 Å². The van der Waals surface area contributed by atoms with Crippen molar-refractivity contribution in [2.45, 2.75) is 45.2 Å². The number of carbonyl (C=O) groups is 1. The Morgan fingerprint density at radius 2 is 1.83 bits per heavy atom. The van der Waals surface area contributed by atoms with Crippen molar-refractivity contribution in [2.24, 2.45) is 0 Å². The summed E-state index contributed by atoms with van der Waals surface area (Å²) < 4.78 is 13.5. The first-order valence-electron chi connectivity index (χ1n) is 10.4. The molecule has 0 saturated heterocycles. The van der Waals surface area contributed by atoms with E-state index in [1.54, 1.807) is 0 Å². The first-order valence-corrected chi connectivity index (χ1v) is 10.4. The van der Waals surface area contributed by atoms with Crippen molar-refractivity contribution >= 4 is 28.3 Å². The van der Waals surface area contributed by atoms with Crippen molar-refractivity contribution in [1.82, 2.24) is 9.88 Å². The third kappa shape index (κ3) is 3.10. The van der Waals surface area contributed by atoms with Crippen molar-refractivity contribution in [3.8, 4) is 22.8 Å². The lowest BCUT2D eigenvalue weighted by molar-refractivity contribution is 0.174. The second-order valence-corrected chi connectivity index (χ2v) is 8.27. The Hall–Kier alpha value is -3.35. The van der Waals surface area contributed by atoms with Crippen molar-refractivity contribution in [1.29, 1.82) is 0 Å². The number of fused-ring (bicyclic) bond motifs is 2. The average Bonchev–Trinajstić information content (AvgIpc) is 3.22. The van der Waals surface area contributed by atoms with Gasteiger partial charge >= 0.3 is 6.03 Å². The molecule has 30 heavy (non-hydrogen) atoms. The van der Waals surface area contributed by atoms with Gasteiger partial charge in [-0.05, 0) is 51.3 Å². The number of hydrogen-bond donors (Lipinski definition) is 3. The molecule has 2 aliphatic rings.